The second-order valence-corrected chi connectivity index (χ2v) is 5.15. The lowest BCUT2D eigenvalue weighted by atomic mass is 9.66. The summed E-state index contributed by atoms with van der Waals surface area (Å²) >= 11 is 0. The fourth-order valence-electron chi connectivity index (χ4n) is 2.87. The Morgan fingerprint density at radius 3 is 2.71 bits per heavy atom. The molecule has 0 aromatic heterocycles. The molecule has 2 fully saturated rings. The molecule has 1 saturated carbocycles. The van der Waals surface area contributed by atoms with E-state index in [0.29, 0.717) is 5.41 Å². The van der Waals surface area contributed by atoms with Crippen molar-refractivity contribution in [3.05, 3.63) is 11.6 Å². The summed E-state index contributed by atoms with van der Waals surface area (Å²) in [5, 5.41) is 3.45. The van der Waals surface area contributed by atoms with Gasteiger partial charge < -0.3 is 5.32 Å². The molecule has 1 saturated heterocycles. The second-order valence-electron chi connectivity index (χ2n) is 5.15. The van der Waals surface area contributed by atoms with E-state index in [9.17, 15) is 0 Å². The Kier molecular flexibility index (Phi) is 2.96. The topological polar surface area (TPSA) is 12.0 Å². The molecule has 2 rings (SSSR count). The zero-order valence-corrected chi connectivity index (χ0v) is 9.60. The Bertz CT molecular complexity index is 214. The van der Waals surface area contributed by atoms with Crippen molar-refractivity contribution in [3.8, 4) is 0 Å². The molecule has 1 unspecified atom stereocenters. The number of nitrogens with one attached hydrogen (secondary N) is 1. The van der Waals surface area contributed by atoms with Gasteiger partial charge in [-0.2, -0.15) is 0 Å². The van der Waals surface area contributed by atoms with Gasteiger partial charge in [-0.3, -0.25) is 0 Å². The summed E-state index contributed by atoms with van der Waals surface area (Å²) in [5.41, 5.74) is 2.25. The van der Waals surface area contributed by atoms with Gasteiger partial charge in [0.05, 0.1) is 0 Å². The van der Waals surface area contributed by atoms with E-state index in [2.05, 4.69) is 25.2 Å². The highest BCUT2D eigenvalue weighted by atomic mass is 14.9. The van der Waals surface area contributed by atoms with E-state index >= 15 is 0 Å². The van der Waals surface area contributed by atoms with Gasteiger partial charge in [0.1, 0.15) is 0 Å². The third kappa shape index (κ3) is 1.88. The van der Waals surface area contributed by atoms with Crippen LogP contribution < -0.4 is 5.32 Å². The van der Waals surface area contributed by atoms with Crippen LogP contribution in [0.25, 0.3) is 0 Å². The molecule has 0 bridgehead atoms. The van der Waals surface area contributed by atoms with Crippen LogP contribution in [0.2, 0.25) is 0 Å². The molecule has 0 radical (unpaired) electrons. The van der Waals surface area contributed by atoms with Gasteiger partial charge in [0.15, 0.2) is 0 Å². The lowest BCUT2D eigenvalue weighted by molar-refractivity contribution is 0.194. The van der Waals surface area contributed by atoms with Gasteiger partial charge in [-0.1, -0.05) is 25.0 Å². The fraction of sp³-hybridized carbons (Fsp3) is 0.846. The highest BCUT2D eigenvalue weighted by Crippen LogP contribution is 2.46. The molecular formula is C13H23N. The normalized spacial score (nSPS) is 31.6. The molecule has 14 heavy (non-hydrogen) atoms. The molecule has 1 aliphatic heterocycles. The summed E-state index contributed by atoms with van der Waals surface area (Å²) in [7, 11) is 0. The average Bonchev–Trinajstić information content (AvgIpc) is 2.63. The zero-order valence-electron chi connectivity index (χ0n) is 9.60. The predicted octanol–water partition coefficient (Wildman–Crippen LogP) is 3.12. The van der Waals surface area contributed by atoms with Crippen LogP contribution in [0.5, 0.6) is 0 Å². The molecular weight excluding hydrogens is 170 g/mol. The first-order valence-corrected chi connectivity index (χ1v) is 6.16. The van der Waals surface area contributed by atoms with E-state index in [0.717, 1.165) is 5.92 Å². The maximum Gasteiger partial charge on any atom is 0.00172 e. The summed E-state index contributed by atoms with van der Waals surface area (Å²) in [5.74, 6) is 0.832. The van der Waals surface area contributed by atoms with E-state index in [4.69, 9.17) is 0 Å². The van der Waals surface area contributed by atoms with Crippen molar-refractivity contribution in [2.24, 2.45) is 11.3 Å². The molecule has 2 aliphatic rings. The smallest absolute Gasteiger partial charge is 0.00172 e. The second kappa shape index (κ2) is 4.06. The van der Waals surface area contributed by atoms with Crippen LogP contribution in [0.4, 0.5) is 0 Å². The van der Waals surface area contributed by atoms with E-state index in [1.807, 2.05) is 0 Å². The molecule has 1 N–H and O–H groups in total. The van der Waals surface area contributed by atoms with Gasteiger partial charge in [0.25, 0.3) is 0 Å². The molecule has 0 spiro atoms. The van der Waals surface area contributed by atoms with Gasteiger partial charge in [-0.25, -0.2) is 0 Å². The Morgan fingerprint density at radius 2 is 2.29 bits per heavy atom. The van der Waals surface area contributed by atoms with Crippen LogP contribution in [0, 0.1) is 11.3 Å². The first-order chi connectivity index (χ1) is 6.76. The van der Waals surface area contributed by atoms with E-state index in [1.165, 1.54) is 45.2 Å². The number of rotatable bonds is 3. The standard InChI is InChI=1S/C13H23N/c1-3-13(6-4-7-13)9-11(2)12-5-8-14-10-12/h9,12,14H,3-8,10H2,1-2H3/b11-9-. The first-order valence-electron chi connectivity index (χ1n) is 6.16. The lowest BCUT2D eigenvalue weighted by Gasteiger charge is -2.39. The molecule has 1 atom stereocenters. The molecule has 0 amide bonds. The van der Waals surface area contributed by atoms with E-state index in [1.54, 1.807) is 5.57 Å². The van der Waals surface area contributed by atoms with Crippen molar-refractivity contribution in [2.75, 3.05) is 13.1 Å². The average molecular weight is 193 g/mol. The fourth-order valence-corrected chi connectivity index (χ4v) is 2.87. The van der Waals surface area contributed by atoms with Crippen molar-refractivity contribution < 1.29 is 0 Å². The molecule has 1 heterocycles. The maximum atomic E-state index is 3.45. The van der Waals surface area contributed by atoms with E-state index in [-0.39, 0.29) is 0 Å². The van der Waals surface area contributed by atoms with Gasteiger partial charge >= 0.3 is 0 Å². The third-order valence-electron chi connectivity index (χ3n) is 4.29. The monoisotopic (exact) mass is 193 g/mol. The first kappa shape index (κ1) is 10.2. The van der Waals surface area contributed by atoms with Gasteiger partial charge in [0, 0.05) is 6.54 Å². The lowest BCUT2D eigenvalue weighted by Crippen LogP contribution is -2.27. The third-order valence-corrected chi connectivity index (χ3v) is 4.29. The van der Waals surface area contributed by atoms with Crippen molar-refractivity contribution in [1.82, 2.24) is 5.32 Å². The molecule has 80 valence electrons. The maximum absolute atomic E-state index is 3.45. The summed E-state index contributed by atoms with van der Waals surface area (Å²) in [6.45, 7) is 7.11. The van der Waals surface area contributed by atoms with Crippen molar-refractivity contribution >= 4 is 0 Å². The minimum Gasteiger partial charge on any atom is -0.316 e. The van der Waals surface area contributed by atoms with Gasteiger partial charge in [-0.05, 0) is 50.5 Å². The van der Waals surface area contributed by atoms with Crippen molar-refractivity contribution in [3.63, 3.8) is 0 Å². The summed E-state index contributed by atoms with van der Waals surface area (Å²) in [6, 6.07) is 0. The number of allylic oxidation sites excluding steroid dienone is 1. The minimum absolute atomic E-state index is 0.604. The van der Waals surface area contributed by atoms with E-state index < -0.39 is 0 Å². The number of hydrogen-bond donors (Lipinski definition) is 1. The SMILES string of the molecule is CCC1(/C=C(/C)C2CCNC2)CCC1. The highest BCUT2D eigenvalue weighted by molar-refractivity contribution is 5.14. The van der Waals surface area contributed by atoms with Crippen LogP contribution in [-0.4, -0.2) is 13.1 Å². The quantitative estimate of drug-likeness (QED) is 0.679. The van der Waals surface area contributed by atoms with Gasteiger partial charge in [0.2, 0.25) is 0 Å². The minimum atomic E-state index is 0.604. The van der Waals surface area contributed by atoms with Gasteiger partial charge in [-0.15, -0.1) is 0 Å². The zero-order chi connectivity index (χ0) is 10.0. The molecule has 1 nitrogen and oxygen atoms in total. The molecule has 1 heteroatoms. The van der Waals surface area contributed by atoms with Crippen LogP contribution in [0.15, 0.2) is 11.6 Å². The Morgan fingerprint density at radius 1 is 1.50 bits per heavy atom. The predicted molar refractivity (Wildman–Crippen MR) is 61.3 cm³/mol. The molecule has 1 aliphatic carbocycles. The Hall–Kier alpha value is -0.300. The van der Waals surface area contributed by atoms with Crippen LogP contribution in [-0.2, 0) is 0 Å². The highest BCUT2D eigenvalue weighted by Gasteiger charge is 2.33. The van der Waals surface area contributed by atoms with Crippen molar-refractivity contribution in [1.29, 1.82) is 0 Å². The summed E-state index contributed by atoms with van der Waals surface area (Å²) in [4.78, 5) is 0. The van der Waals surface area contributed by atoms with Crippen LogP contribution >= 0.6 is 0 Å². The Labute approximate surface area is 88.0 Å². The largest absolute Gasteiger partial charge is 0.316 e. The number of hydrogen-bond acceptors (Lipinski definition) is 1. The van der Waals surface area contributed by atoms with Crippen LogP contribution in [0.3, 0.4) is 0 Å². The Balaban J connectivity index is 2.00. The van der Waals surface area contributed by atoms with Crippen molar-refractivity contribution in [2.45, 2.75) is 46.0 Å². The molecule has 0 aromatic carbocycles. The summed E-state index contributed by atoms with van der Waals surface area (Å²) < 4.78 is 0. The molecule has 0 aromatic rings. The summed E-state index contributed by atoms with van der Waals surface area (Å²) in [6.07, 6.45) is 9.60. The van der Waals surface area contributed by atoms with Crippen LogP contribution in [0.1, 0.15) is 46.0 Å².